The largest absolute Gasteiger partial charge is 0.494 e. The first-order valence-corrected chi connectivity index (χ1v) is 9.45. The number of rotatable bonds is 11. The Hall–Kier alpha value is -1.54. The lowest BCUT2D eigenvalue weighted by molar-refractivity contribution is 0.108. The normalized spacial score (nSPS) is 10.9. The van der Waals surface area contributed by atoms with Crippen LogP contribution in [-0.4, -0.2) is 11.8 Å². The minimum atomic E-state index is -0.424. The maximum atomic E-state index is 11.2. The summed E-state index contributed by atoms with van der Waals surface area (Å²) >= 11 is 5.52. The molecule has 0 fully saturated rings. The summed E-state index contributed by atoms with van der Waals surface area (Å²) in [5.74, 6) is 0.885. The van der Waals surface area contributed by atoms with Gasteiger partial charge in [-0.15, -0.1) is 0 Å². The van der Waals surface area contributed by atoms with Crippen LogP contribution in [0.2, 0.25) is 0 Å². The van der Waals surface area contributed by atoms with Crippen LogP contribution in [0.1, 0.15) is 68.6 Å². The van der Waals surface area contributed by atoms with Crippen molar-refractivity contribution in [3.05, 3.63) is 42.0 Å². The molecule has 0 atom stereocenters. The van der Waals surface area contributed by atoms with E-state index in [1.807, 2.05) is 30.3 Å². The Labute approximate surface area is 150 Å². The van der Waals surface area contributed by atoms with E-state index >= 15 is 0 Å². The van der Waals surface area contributed by atoms with E-state index in [-0.39, 0.29) is 0 Å². The average molecular weight is 347 g/mol. The molecule has 0 aliphatic rings. The molecule has 2 rings (SSSR count). The molecule has 0 aromatic heterocycles. The van der Waals surface area contributed by atoms with Crippen molar-refractivity contribution in [1.82, 2.24) is 0 Å². The second-order valence-corrected chi connectivity index (χ2v) is 6.66. The number of unbranched alkanes of at least 4 members (excludes halogenated alkanes) is 7. The van der Waals surface area contributed by atoms with E-state index in [1.165, 1.54) is 44.9 Å². The second kappa shape index (κ2) is 10.4. The topological polar surface area (TPSA) is 26.3 Å². The van der Waals surface area contributed by atoms with Crippen molar-refractivity contribution in [2.75, 3.05) is 6.61 Å². The molecule has 0 aliphatic heterocycles. The van der Waals surface area contributed by atoms with E-state index in [1.54, 1.807) is 6.07 Å². The van der Waals surface area contributed by atoms with Crippen molar-refractivity contribution in [3.63, 3.8) is 0 Å². The minimum Gasteiger partial charge on any atom is -0.494 e. The number of benzene rings is 2. The number of hydrogen-bond donors (Lipinski definition) is 0. The van der Waals surface area contributed by atoms with Gasteiger partial charge in [0, 0.05) is 5.56 Å². The van der Waals surface area contributed by atoms with Crippen LogP contribution < -0.4 is 4.74 Å². The molecule has 0 radical (unpaired) electrons. The highest BCUT2D eigenvalue weighted by Crippen LogP contribution is 2.23. The van der Waals surface area contributed by atoms with Crippen LogP contribution >= 0.6 is 11.6 Å². The molecule has 0 aliphatic carbocycles. The zero-order chi connectivity index (χ0) is 17.2. The van der Waals surface area contributed by atoms with Crippen molar-refractivity contribution in [2.24, 2.45) is 0 Å². The Kier molecular flexibility index (Phi) is 8.11. The fourth-order valence-electron chi connectivity index (χ4n) is 2.86. The third-order valence-corrected chi connectivity index (χ3v) is 4.52. The van der Waals surface area contributed by atoms with E-state index < -0.39 is 5.24 Å². The highest BCUT2D eigenvalue weighted by Gasteiger charge is 2.04. The Bertz CT molecular complexity index is 651. The summed E-state index contributed by atoms with van der Waals surface area (Å²) in [6, 6.07) is 11.4. The molecule has 0 spiro atoms. The van der Waals surface area contributed by atoms with Crippen molar-refractivity contribution in [1.29, 1.82) is 0 Å². The first kappa shape index (κ1) is 18.8. The summed E-state index contributed by atoms with van der Waals surface area (Å²) in [5, 5.41) is 1.64. The molecule has 0 unspecified atom stereocenters. The van der Waals surface area contributed by atoms with Gasteiger partial charge in [-0.25, -0.2) is 0 Å². The third kappa shape index (κ3) is 6.16. The van der Waals surface area contributed by atoms with Gasteiger partial charge in [-0.05, 0) is 53.1 Å². The van der Waals surface area contributed by atoms with Crippen molar-refractivity contribution in [2.45, 2.75) is 58.3 Å². The smallest absolute Gasteiger partial charge is 0.252 e. The van der Waals surface area contributed by atoms with Gasteiger partial charge in [-0.2, -0.15) is 0 Å². The zero-order valence-electron chi connectivity index (χ0n) is 14.5. The second-order valence-electron chi connectivity index (χ2n) is 6.32. The van der Waals surface area contributed by atoms with Gasteiger partial charge >= 0.3 is 0 Å². The standard InChI is InChI=1S/C21H27ClO2/c1-2-3-4-5-6-7-8-9-14-24-20-13-12-17-15-19(21(22)23)11-10-18(17)16-20/h10-13,15-16H,2-9,14H2,1H3. The molecule has 0 heterocycles. The van der Waals surface area contributed by atoms with E-state index in [4.69, 9.17) is 16.3 Å². The van der Waals surface area contributed by atoms with Gasteiger partial charge in [0.1, 0.15) is 5.75 Å². The van der Waals surface area contributed by atoms with Crippen molar-refractivity contribution < 1.29 is 9.53 Å². The fourth-order valence-corrected chi connectivity index (χ4v) is 2.98. The Morgan fingerprint density at radius 3 is 2.21 bits per heavy atom. The minimum absolute atomic E-state index is 0.424. The van der Waals surface area contributed by atoms with Gasteiger partial charge in [-0.3, -0.25) is 4.79 Å². The molecule has 2 aromatic carbocycles. The lowest BCUT2D eigenvalue weighted by Crippen LogP contribution is -1.97. The first-order valence-electron chi connectivity index (χ1n) is 9.07. The Balaban J connectivity index is 1.71. The van der Waals surface area contributed by atoms with Crippen LogP contribution in [0.25, 0.3) is 10.8 Å². The van der Waals surface area contributed by atoms with E-state index in [2.05, 4.69) is 6.92 Å². The van der Waals surface area contributed by atoms with Crippen LogP contribution in [0.3, 0.4) is 0 Å². The monoisotopic (exact) mass is 346 g/mol. The lowest BCUT2D eigenvalue weighted by Gasteiger charge is -2.08. The number of ether oxygens (including phenoxy) is 1. The molecule has 0 saturated carbocycles. The van der Waals surface area contributed by atoms with E-state index in [9.17, 15) is 4.79 Å². The SMILES string of the molecule is CCCCCCCCCCOc1ccc2cc(C(=O)Cl)ccc2c1. The quantitative estimate of drug-likeness (QED) is 0.332. The van der Waals surface area contributed by atoms with Gasteiger partial charge in [-0.1, -0.05) is 64.0 Å². The maximum Gasteiger partial charge on any atom is 0.252 e. The van der Waals surface area contributed by atoms with E-state index in [0.29, 0.717) is 5.56 Å². The highest BCUT2D eigenvalue weighted by molar-refractivity contribution is 6.67. The summed E-state index contributed by atoms with van der Waals surface area (Å²) < 4.78 is 5.84. The van der Waals surface area contributed by atoms with Gasteiger partial charge in [0.15, 0.2) is 0 Å². The fraction of sp³-hybridized carbons (Fsp3) is 0.476. The van der Waals surface area contributed by atoms with Crippen LogP contribution in [0.4, 0.5) is 0 Å². The van der Waals surface area contributed by atoms with Crippen LogP contribution in [0.5, 0.6) is 5.75 Å². The van der Waals surface area contributed by atoms with Crippen molar-refractivity contribution in [3.8, 4) is 5.75 Å². The molecule has 0 N–H and O–H groups in total. The molecule has 130 valence electrons. The van der Waals surface area contributed by atoms with Gasteiger partial charge in [0.2, 0.25) is 0 Å². The Morgan fingerprint density at radius 2 is 1.50 bits per heavy atom. The highest BCUT2D eigenvalue weighted by atomic mass is 35.5. The summed E-state index contributed by atoms with van der Waals surface area (Å²) in [6.45, 7) is 3.01. The lowest BCUT2D eigenvalue weighted by atomic mass is 10.1. The molecule has 0 bridgehead atoms. The molecule has 0 saturated heterocycles. The molecule has 0 amide bonds. The third-order valence-electron chi connectivity index (χ3n) is 4.31. The molecule has 24 heavy (non-hydrogen) atoms. The number of carbonyl (C=O) groups is 1. The van der Waals surface area contributed by atoms with Crippen molar-refractivity contribution >= 4 is 27.6 Å². The average Bonchev–Trinajstić information content (AvgIpc) is 2.59. The van der Waals surface area contributed by atoms with Crippen LogP contribution in [0, 0.1) is 0 Å². The zero-order valence-corrected chi connectivity index (χ0v) is 15.3. The van der Waals surface area contributed by atoms with E-state index in [0.717, 1.165) is 29.5 Å². The van der Waals surface area contributed by atoms with Crippen LogP contribution in [0.15, 0.2) is 36.4 Å². The van der Waals surface area contributed by atoms with Crippen LogP contribution in [-0.2, 0) is 0 Å². The summed E-state index contributed by atoms with van der Waals surface area (Å²) in [5.41, 5.74) is 0.525. The number of halogens is 1. The predicted molar refractivity (Wildman–Crippen MR) is 102 cm³/mol. The number of carbonyl (C=O) groups excluding carboxylic acids is 1. The molecular formula is C21H27ClO2. The predicted octanol–water partition coefficient (Wildman–Crippen LogP) is 6.74. The van der Waals surface area contributed by atoms with Gasteiger partial charge in [0.05, 0.1) is 6.61 Å². The molecular weight excluding hydrogens is 320 g/mol. The van der Waals surface area contributed by atoms with Gasteiger partial charge < -0.3 is 4.74 Å². The number of hydrogen-bond acceptors (Lipinski definition) is 2. The maximum absolute atomic E-state index is 11.2. The summed E-state index contributed by atoms with van der Waals surface area (Å²) in [4.78, 5) is 11.2. The Morgan fingerprint density at radius 1 is 0.875 bits per heavy atom. The first-order chi connectivity index (χ1) is 11.7. The summed E-state index contributed by atoms with van der Waals surface area (Å²) in [7, 11) is 0. The molecule has 2 nitrogen and oxygen atoms in total. The molecule has 3 heteroatoms. The summed E-state index contributed by atoms with van der Waals surface area (Å²) in [6.07, 6.45) is 10.4. The molecule has 2 aromatic rings. The van der Waals surface area contributed by atoms with Gasteiger partial charge in [0.25, 0.3) is 5.24 Å². The number of fused-ring (bicyclic) bond motifs is 1.